The molecule has 1 saturated heterocycles. The molecule has 7 rings (SSSR count). The second-order valence-electron chi connectivity index (χ2n) is 11.6. The van der Waals surface area contributed by atoms with Crippen LogP contribution in [0.15, 0.2) is 97.1 Å². The molecule has 0 aromatic heterocycles. The summed E-state index contributed by atoms with van der Waals surface area (Å²) in [5.41, 5.74) is 5.94. The van der Waals surface area contributed by atoms with Gasteiger partial charge in [-0.3, -0.25) is 14.4 Å². The molecule has 0 saturated carbocycles. The van der Waals surface area contributed by atoms with Gasteiger partial charge in [-0.1, -0.05) is 77.3 Å². The number of aryl methyl sites for hydroxylation is 2. The molecule has 4 aromatic carbocycles. The summed E-state index contributed by atoms with van der Waals surface area (Å²) in [5, 5.41) is 3.59. The van der Waals surface area contributed by atoms with Crippen molar-refractivity contribution in [1.82, 2.24) is 0 Å². The first-order valence-electron chi connectivity index (χ1n) is 14.1. The number of benzene rings is 4. The Morgan fingerprint density at radius 1 is 0.810 bits per heavy atom. The van der Waals surface area contributed by atoms with Crippen LogP contribution in [0.4, 0.5) is 11.4 Å². The van der Waals surface area contributed by atoms with Crippen LogP contribution in [0, 0.1) is 19.8 Å². The number of ketones is 2. The minimum Gasteiger partial charge on any atom is -0.352 e. The molecule has 3 heterocycles. The number of fused-ring (bicyclic) bond motifs is 6. The van der Waals surface area contributed by atoms with E-state index >= 15 is 0 Å². The number of hydrogen-bond donors (Lipinski definition) is 1. The van der Waals surface area contributed by atoms with Crippen LogP contribution in [0.3, 0.4) is 0 Å². The number of carbonyl (C=O) groups excluding carboxylic acids is 3. The minimum atomic E-state index is -1.35. The number of Topliss-reactive ketones (excluding diaryl/α,β-unsaturated/α-hetero) is 2. The van der Waals surface area contributed by atoms with Gasteiger partial charge in [0.15, 0.2) is 11.6 Å². The van der Waals surface area contributed by atoms with E-state index in [2.05, 4.69) is 17.5 Å². The van der Waals surface area contributed by atoms with Crippen LogP contribution in [0.1, 0.15) is 49.9 Å². The summed E-state index contributed by atoms with van der Waals surface area (Å²) in [6, 6.07) is 26.3. The number of hydrogen-bond acceptors (Lipinski definition) is 4. The summed E-state index contributed by atoms with van der Waals surface area (Å²) < 4.78 is 0. The third kappa shape index (κ3) is 3.66. The molecule has 4 unspecified atom stereocenters. The lowest BCUT2D eigenvalue weighted by atomic mass is 9.64. The number of carbonyl (C=O) groups is 3. The molecule has 0 aliphatic carbocycles. The summed E-state index contributed by atoms with van der Waals surface area (Å²) in [4.78, 5) is 46.1. The van der Waals surface area contributed by atoms with Crippen molar-refractivity contribution < 1.29 is 14.4 Å². The molecule has 1 N–H and O–H groups in total. The number of halogens is 1. The Hall–Kier alpha value is -4.48. The van der Waals surface area contributed by atoms with E-state index in [9.17, 15) is 14.4 Å². The second kappa shape index (κ2) is 9.53. The van der Waals surface area contributed by atoms with Gasteiger partial charge in [0.2, 0.25) is 5.91 Å². The molecule has 1 amide bonds. The number of para-hydroxylation sites is 1. The van der Waals surface area contributed by atoms with Crippen molar-refractivity contribution in [2.24, 2.45) is 5.92 Å². The predicted molar refractivity (Wildman–Crippen MR) is 166 cm³/mol. The van der Waals surface area contributed by atoms with Crippen molar-refractivity contribution in [2.45, 2.75) is 38.3 Å². The Labute approximate surface area is 249 Å². The van der Waals surface area contributed by atoms with Gasteiger partial charge in [0.1, 0.15) is 11.5 Å². The van der Waals surface area contributed by atoms with Gasteiger partial charge in [-0.2, -0.15) is 0 Å². The molecule has 0 radical (unpaired) electrons. The Kier molecular flexibility index (Phi) is 6.00. The third-order valence-corrected chi connectivity index (χ3v) is 9.40. The van der Waals surface area contributed by atoms with Gasteiger partial charge in [-0.15, -0.1) is 0 Å². The average molecular weight is 573 g/mol. The van der Waals surface area contributed by atoms with Gasteiger partial charge in [0, 0.05) is 33.1 Å². The molecule has 6 heteroatoms. The monoisotopic (exact) mass is 572 g/mol. The van der Waals surface area contributed by atoms with E-state index in [4.69, 9.17) is 11.6 Å². The van der Waals surface area contributed by atoms with Crippen molar-refractivity contribution in [1.29, 1.82) is 0 Å². The van der Waals surface area contributed by atoms with Gasteiger partial charge in [-0.05, 0) is 74.4 Å². The normalized spacial score (nSPS) is 23.6. The highest BCUT2D eigenvalue weighted by atomic mass is 35.5. The van der Waals surface area contributed by atoms with E-state index in [1.54, 1.807) is 24.3 Å². The van der Waals surface area contributed by atoms with E-state index in [-0.39, 0.29) is 17.5 Å². The Morgan fingerprint density at radius 2 is 1.45 bits per heavy atom. The quantitative estimate of drug-likeness (QED) is 0.263. The van der Waals surface area contributed by atoms with Crippen LogP contribution in [-0.4, -0.2) is 29.6 Å². The topological polar surface area (TPSA) is 66.5 Å². The maximum atomic E-state index is 14.8. The number of allylic oxidation sites excluding steroid dienone is 1. The molecule has 1 fully saturated rings. The number of anilines is 2. The summed E-state index contributed by atoms with van der Waals surface area (Å²) in [6.45, 7) is 6.04. The first-order valence-corrected chi connectivity index (χ1v) is 14.5. The zero-order valence-corrected chi connectivity index (χ0v) is 24.3. The van der Waals surface area contributed by atoms with Gasteiger partial charge < -0.3 is 10.2 Å². The smallest absolute Gasteiger partial charge is 0.238 e. The van der Waals surface area contributed by atoms with E-state index in [0.717, 1.165) is 33.5 Å². The SMILES string of the molecule is CC1=CC2N(c3ccc(C)cc31)C(C(=O)c1ccc(C)cc1)C(C(=O)c1ccc(Cl)cc1)C21C(=O)Nc2ccccc21. The lowest BCUT2D eigenvalue weighted by Gasteiger charge is -2.39. The highest BCUT2D eigenvalue weighted by Crippen LogP contribution is 2.59. The maximum Gasteiger partial charge on any atom is 0.238 e. The summed E-state index contributed by atoms with van der Waals surface area (Å²) in [6.07, 6.45) is 2.08. The summed E-state index contributed by atoms with van der Waals surface area (Å²) in [7, 11) is 0. The number of nitrogens with one attached hydrogen (secondary N) is 1. The third-order valence-electron chi connectivity index (χ3n) is 9.15. The first-order chi connectivity index (χ1) is 20.2. The van der Waals surface area contributed by atoms with E-state index < -0.39 is 23.4 Å². The van der Waals surface area contributed by atoms with Gasteiger partial charge in [0.05, 0.1) is 12.0 Å². The molecule has 5 nitrogen and oxygen atoms in total. The lowest BCUT2D eigenvalue weighted by Crippen LogP contribution is -2.51. The van der Waals surface area contributed by atoms with Crippen molar-refractivity contribution in [3.63, 3.8) is 0 Å². The lowest BCUT2D eigenvalue weighted by molar-refractivity contribution is -0.121. The fourth-order valence-corrected chi connectivity index (χ4v) is 7.35. The molecule has 4 atom stereocenters. The van der Waals surface area contributed by atoms with Crippen molar-refractivity contribution in [3.8, 4) is 0 Å². The zero-order valence-electron chi connectivity index (χ0n) is 23.5. The van der Waals surface area contributed by atoms with Gasteiger partial charge >= 0.3 is 0 Å². The van der Waals surface area contributed by atoms with Crippen molar-refractivity contribution >= 4 is 46.0 Å². The van der Waals surface area contributed by atoms with E-state index in [0.29, 0.717) is 21.8 Å². The van der Waals surface area contributed by atoms with Crippen molar-refractivity contribution in [2.75, 3.05) is 10.2 Å². The fraction of sp³-hybridized carbons (Fsp3) is 0.194. The molecule has 42 heavy (non-hydrogen) atoms. The molecule has 208 valence electrons. The largest absolute Gasteiger partial charge is 0.352 e. The number of rotatable bonds is 4. The van der Waals surface area contributed by atoms with Crippen LogP contribution >= 0.6 is 11.6 Å². The molecular formula is C36H29ClN2O3. The Balaban J connectivity index is 1.55. The highest BCUT2D eigenvalue weighted by Gasteiger charge is 2.70. The number of nitrogens with zero attached hydrogens (tertiary/aromatic N) is 1. The van der Waals surface area contributed by atoms with Crippen LogP contribution in [0.25, 0.3) is 5.57 Å². The maximum absolute atomic E-state index is 14.8. The Bertz CT molecular complexity index is 1830. The standard InChI is InChI=1S/C36H29ClN2O3/c1-20-8-11-24(12-9-20)34(41)32-31(33(40)23-13-15-25(37)16-14-23)36(27-6-4-5-7-28(27)38-35(36)42)30-19-22(3)26-18-21(2)10-17-29(26)39(30)32/h4-19,30-32H,1-3H3,(H,38,42). The average Bonchev–Trinajstić information content (AvgIpc) is 3.45. The van der Waals surface area contributed by atoms with Crippen LogP contribution in [-0.2, 0) is 10.2 Å². The van der Waals surface area contributed by atoms with Crippen LogP contribution in [0.5, 0.6) is 0 Å². The summed E-state index contributed by atoms with van der Waals surface area (Å²) in [5.74, 6) is -1.75. The fourth-order valence-electron chi connectivity index (χ4n) is 7.23. The minimum absolute atomic E-state index is 0.194. The predicted octanol–water partition coefficient (Wildman–Crippen LogP) is 7.20. The van der Waals surface area contributed by atoms with E-state index in [1.807, 2.05) is 86.3 Å². The molecule has 4 aromatic rings. The van der Waals surface area contributed by atoms with Crippen LogP contribution < -0.4 is 10.2 Å². The molecular weight excluding hydrogens is 544 g/mol. The van der Waals surface area contributed by atoms with Gasteiger partial charge in [0.25, 0.3) is 0 Å². The molecule has 1 spiro atoms. The highest BCUT2D eigenvalue weighted by molar-refractivity contribution is 6.30. The first kappa shape index (κ1) is 26.4. The molecule has 0 bridgehead atoms. The molecule has 3 aliphatic heterocycles. The zero-order chi connectivity index (χ0) is 29.3. The van der Waals surface area contributed by atoms with Crippen molar-refractivity contribution in [3.05, 3.63) is 135 Å². The summed E-state index contributed by atoms with van der Waals surface area (Å²) >= 11 is 6.20. The molecule has 3 aliphatic rings. The number of amides is 1. The van der Waals surface area contributed by atoms with Crippen LogP contribution in [0.2, 0.25) is 5.02 Å². The second-order valence-corrected chi connectivity index (χ2v) is 12.1. The Morgan fingerprint density at radius 3 is 2.19 bits per heavy atom. The van der Waals surface area contributed by atoms with E-state index in [1.165, 1.54) is 0 Å². The van der Waals surface area contributed by atoms with Gasteiger partial charge in [-0.25, -0.2) is 0 Å².